The van der Waals surface area contributed by atoms with Gasteiger partial charge in [0.1, 0.15) is 5.88 Å². The number of nitrogens with one attached hydrogen (secondary N) is 1. The van der Waals surface area contributed by atoms with Crippen LogP contribution in [0.1, 0.15) is 44.7 Å². The first-order valence-corrected chi connectivity index (χ1v) is 9.85. The molecule has 9 heteroatoms. The van der Waals surface area contributed by atoms with Crippen LogP contribution in [0.5, 0.6) is 0 Å². The molecule has 5 nitrogen and oxygen atoms in total. The average Bonchev–Trinajstić information content (AvgIpc) is 2.64. The van der Waals surface area contributed by atoms with E-state index in [1.54, 1.807) is 11.0 Å². The number of piperidine rings is 1. The summed E-state index contributed by atoms with van der Waals surface area (Å²) in [7, 11) is 0. The molecule has 2 N–H and O–H groups in total. The van der Waals surface area contributed by atoms with Gasteiger partial charge in [0.15, 0.2) is 0 Å². The molecule has 2 rings (SSSR count). The Morgan fingerprint density at radius 2 is 1.83 bits per heavy atom. The van der Waals surface area contributed by atoms with Crippen LogP contribution in [0.2, 0.25) is 0 Å². The first-order chi connectivity index (χ1) is 13.3. The van der Waals surface area contributed by atoms with Crippen molar-refractivity contribution < 1.29 is 27.9 Å². The molecule has 0 saturated carbocycles. The molecular weight excluding hydrogens is 409 g/mol. The fourth-order valence-electron chi connectivity index (χ4n) is 4.30. The minimum atomic E-state index is -4.51. The number of nitrogens with zero attached hydrogens (tertiary/aromatic N) is 1. The quantitative estimate of drug-likeness (QED) is 0.686. The number of carboxylic acid groups (broad SMARTS) is 1. The van der Waals surface area contributed by atoms with Gasteiger partial charge in [-0.25, -0.2) is 4.79 Å². The Morgan fingerprint density at radius 3 is 2.28 bits per heavy atom. The molecule has 162 valence electrons. The molecule has 0 spiro atoms. The highest BCUT2D eigenvalue weighted by atomic mass is 35.5. The predicted molar refractivity (Wildman–Crippen MR) is 104 cm³/mol. The molecule has 2 amide bonds. The third-order valence-electron chi connectivity index (χ3n) is 5.57. The number of alkyl halides is 4. The molecule has 0 radical (unpaired) electrons. The van der Waals surface area contributed by atoms with Crippen LogP contribution in [0.4, 0.5) is 18.0 Å². The van der Waals surface area contributed by atoms with Gasteiger partial charge in [0, 0.05) is 24.5 Å². The van der Waals surface area contributed by atoms with Gasteiger partial charge in [-0.1, -0.05) is 39.0 Å². The van der Waals surface area contributed by atoms with Crippen LogP contribution in [0.15, 0.2) is 24.3 Å². The molecule has 1 aliphatic heterocycles. The van der Waals surface area contributed by atoms with E-state index in [1.807, 2.05) is 20.8 Å². The Labute approximate surface area is 173 Å². The van der Waals surface area contributed by atoms with E-state index in [-0.39, 0.29) is 24.9 Å². The van der Waals surface area contributed by atoms with Gasteiger partial charge in [0.05, 0.1) is 5.56 Å². The summed E-state index contributed by atoms with van der Waals surface area (Å²) < 4.78 is 40.0. The molecule has 0 aromatic heterocycles. The Morgan fingerprint density at radius 1 is 1.24 bits per heavy atom. The molecule has 1 atom stereocenters. The molecule has 1 saturated heterocycles. The van der Waals surface area contributed by atoms with E-state index in [2.05, 4.69) is 5.32 Å². The summed E-state index contributed by atoms with van der Waals surface area (Å²) in [6, 6.07) is 4.39. The third kappa shape index (κ3) is 5.15. The van der Waals surface area contributed by atoms with Gasteiger partial charge in [-0.15, -0.1) is 11.6 Å². The first-order valence-electron chi connectivity index (χ1n) is 9.32. The second kappa shape index (κ2) is 8.42. The maximum absolute atomic E-state index is 13.3. The number of carbonyl (C=O) groups excluding carboxylic acids is 1. The van der Waals surface area contributed by atoms with Gasteiger partial charge < -0.3 is 15.3 Å². The van der Waals surface area contributed by atoms with Gasteiger partial charge in [0.25, 0.3) is 0 Å². The molecule has 0 bridgehead atoms. The monoisotopic (exact) mass is 434 g/mol. The summed E-state index contributed by atoms with van der Waals surface area (Å²) in [5.74, 6) is -0.421. The van der Waals surface area contributed by atoms with E-state index < -0.39 is 34.7 Å². The van der Waals surface area contributed by atoms with E-state index in [4.69, 9.17) is 11.6 Å². The number of benzene rings is 1. The van der Waals surface area contributed by atoms with Crippen LogP contribution >= 0.6 is 11.6 Å². The molecule has 29 heavy (non-hydrogen) atoms. The van der Waals surface area contributed by atoms with Crippen LogP contribution in [-0.2, 0) is 16.4 Å². The van der Waals surface area contributed by atoms with Crippen molar-refractivity contribution in [2.45, 2.75) is 51.2 Å². The SMILES string of the molecule is CC(C)(C)C(NC(=O)O)C1(c2cccc(C(F)(F)F)c2)CCN(C(=O)CCl)CC1. The summed E-state index contributed by atoms with van der Waals surface area (Å²) in [6.07, 6.45) is -5.11. The lowest BCUT2D eigenvalue weighted by atomic mass is 9.60. The molecule has 1 aliphatic rings. The van der Waals surface area contributed by atoms with Gasteiger partial charge in [-0.05, 0) is 29.9 Å². The molecule has 1 unspecified atom stereocenters. The molecule has 1 heterocycles. The zero-order chi connectivity index (χ0) is 22.0. The van der Waals surface area contributed by atoms with Crippen LogP contribution in [0.3, 0.4) is 0 Å². The Hall–Kier alpha value is -1.96. The van der Waals surface area contributed by atoms with E-state index in [9.17, 15) is 27.9 Å². The topological polar surface area (TPSA) is 69.6 Å². The van der Waals surface area contributed by atoms with Crippen molar-refractivity contribution in [2.75, 3.05) is 19.0 Å². The fourth-order valence-corrected chi connectivity index (χ4v) is 4.46. The van der Waals surface area contributed by atoms with E-state index in [1.165, 1.54) is 6.07 Å². The minimum Gasteiger partial charge on any atom is -0.465 e. The fraction of sp³-hybridized carbons (Fsp3) is 0.600. The number of rotatable bonds is 4. The molecule has 1 aromatic carbocycles. The summed E-state index contributed by atoms with van der Waals surface area (Å²) in [6.45, 7) is 6.11. The summed E-state index contributed by atoms with van der Waals surface area (Å²) in [5.41, 5.74) is -1.85. The van der Waals surface area contributed by atoms with E-state index in [0.29, 0.717) is 18.4 Å². The van der Waals surface area contributed by atoms with Crippen LogP contribution in [0.25, 0.3) is 0 Å². The zero-order valence-corrected chi connectivity index (χ0v) is 17.4. The molecular formula is C20H26ClF3N2O3. The predicted octanol–water partition coefficient (Wildman–Crippen LogP) is 4.49. The van der Waals surface area contributed by atoms with Crippen molar-refractivity contribution in [1.82, 2.24) is 10.2 Å². The molecule has 1 aromatic rings. The summed E-state index contributed by atoms with van der Waals surface area (Å²) in [5, 5.41) is 12.0. The van der Waals surface area contributed by atoms with Crippen molar-refractivity contribution in [1.29, 1.82) is 0 Å². The highest BCUT2D eigenvalue weighted by Crippen LogP contribution is 2.46. The number of likely N-dealkylation sites (tertiary alicyclic amines) is 1. The van der Waals surface area contributed by atoms with Crippen LogP contribution < -0.4 is 5.32 Å². The molecule has 1 fully saturated rings. The maximum Gasteiger partial charge on any atom is 0.416 e. The normalized spacial score (nSPS) is 18.2. The van der Waals surface area contributed by atoms with Crippen molar-refractivity contribution in [3.05, 3.63) is 35.4 Å². The standard InChI is InChI=1S/C20H26ClF3N2O3/c1-18(2,3)16(25-17(28)29)19(7-9-26(10-8-19)15(27)12-21)13-5-4-6-14(11-13)20(22,23)24/h4-6,11,16,25H,7-10,12H2,1-3H3,(H,28,29). The minimum absolute atomic E-state index is 0.174. The number of hydrogen-bond acceptors (Lipinski definition) is 2. The van der Waals surface area contributed by atoms with Gasteiger partial charge in [-0.3, -0.25) is 4.79 Å². The summed E-state index contributed by atoms with van der Waals surface area (Å²) >= 11 is 5.64. The lowest BCUT2D eigenvalue weighted by molar-refractivity contribution is -0.137. The Kier molecular flexibility index (Phi) is 6.77. The number of halogens is 4. The number of carbonyl (C=O) groups is 2. The molecule has 0 aliphatic carbocycles. The highest BCUT2D eigenvalue weighted by Gasteiger charge is 2.49. The Balaban J connectivity index is 2.58. The van der Waals surface area contributed by atoms with Crippen LogP contribution in [0, 0.1) is 5.41 Å². The van der Waals surface area contributed by atoms with E-state index >= 15 is 0 Å². The van der Waals surface area contributed by atoms with E-state index in [0.717, 1.165) is 12.1 Å². The van der Waals surface area contributed by atoms with Gasteiger partial charge >= 0.3 is 12.3 Å². The van der Waals surface area contributed by atoms with Crippen molar-refractivity contribution >= 4 is 23.6 Å². The van der Waals surface area contributed by atoms with Crippen molar-refractivity contribution in [3.8, 4) is 0 Å². The second-order valence-corrected chi connectivity index (χ2v) is 8.76. The van der Waals surface area contributed by atoms with Gasteiger partial charge in [0.2, 0.25) is 5.91 Å². The average molecular weight is 435 g/mol. The van der Waals surface area contributed by atoms with Crippen LogP contribution in [-0.4, -0.2) is 47.0 Å². The smallest absolute Gasteiger partial charge is 0.416 e. The zero-order valence-electron chi connectivity index (χ0n) is 16.6. The van der Waals surface area contributed by atoms with Crippen molar-refractivity contribution in [2.24, 2.45) is 5.41 Å². The number of amides is 2. The van der Waals surface area contributed by atoms with Gasteiger partial charge in [-0.2, -0.15) is 13.2 Å². The Bertz CT molecular complexity index is 754. The largest absolute Gasteiger partial charge is 0.465 e. The maximum atomic E-state index is 13.3. The lowest BCUT2D eigenvalue weighted by Crippen LogP contribution is -2.61. The number of hydrogen-bond donors (Lipinski definition) is 2. The first kappa shape index (κ1) is 23.3. The lowest BCUT2D eigenvalue weighted by Gasteiger charge is -2.51. The van der Waals surface area contributed by atoms with Crippen molar-refractivity contribution in [3.63, 3.8) is 0 Å². The second-order valence-electron chi connectivity index (χ2n) is 8.50. The highest BCUT2D eigenvalue weighted by molar-refractivity contribution is 6.27. The summed E-state index contributed by atoms with van der Waals surface area (Å²) in [4.78, 5) is 25.1. The third-order valence-corrected chi connectivity index (χ3v) is 5.80.